The zero-order valence-electron chi connectivity index (χ0n) is 10.7. The number of ether oxygens (including phenoxy) is 1. The van der Waals surface area contributed by atoms with Gasteiger partial charge >= 0.3 is 0 Å². The number of nitrogens with two attached hydrogens (primary N) is 1. The predicted molar refractivity (Wildman–Crippen MR) is 79.4 cm³/mol. The Kier molecular flexibility index (Phi) is 6.41. The van der Waals surface area contributed by atoms with Gasteiger partial charge in [-0.25, -0.2) is 13.6 Å². The molecule has 9 heteroatoms. The monoisotopic (exact) mass is 384 g/mol. The maximum atomic E-state index is 11.9. The number of carbonyl (C=O) groups excluding carboxylic acids is 1. The Balaban J connectivity index is 2.97. The van der Waals surface area contributed by atoms with Crippen molar-refractivity contribution in [2.45, 2.75) is 11.3 Å². The van der Waals surface area contributed by atoms with Crippen LogP contribution in [-0.2, 0) is 14.8 Å². The quantitative estimate of drug-likeness (QED) is 0.725. The van der Waals surface area contributed by atoms with Gasteiger partial charge in [-0.1, -0.05) is 11.6 Å². The number of halogens is 2. The summed E-state index contributed by atoms with van der Waals surface area (Å²) < 4.78 is 27.8. The van der Waals surface area contributed by atoms with Crippen LogP contribution in [0.2, 0.25) is 5.02 Å². The minimum Gasteiger partial charge on any atom is -0.385 e. The highest BCUT2D eigenvalue weighted by Gasteiger charge is 2.19. The molecule has 0 aliphatic carbocycles. The lowest BCUT2D eigenvalue weighted by atomic mass is 10.2. The van der Waals surface area contributed by atoms with Crippen LogP contribution in [-0.4, -0.2) is 34.6 Å². The van der Waals surface area contributed by atoms with Crippen LogP contribution in [0.15, 0.2) is 21.5 Å². The van der Waals surface area contributed by atoms with Gasteiger partial charge in [-0.2, -0.15) is 0 Å². The van der Waals surface area contributed by atoms with E-state index in [0.29, 0.717) is 19.6 Å². The SMILES string of the molecule is COCCCNC(=O)c1cc(Cl)c(Br)c(S(N)(=O)=O)c1. The number of hydrogen-bond donors (Lipinski definition) is 2. The number of carbonyl (C=O) groups is 1. The van der Waals surface area contributed by atoms with E-state index in [2.05, 4.69) is 21.2 Å². The zero-order valence-corrected chi connectivity index (χ0v) is 13.8. The summed E-state index contributed by atoms with van der Waals surface area (Å²) in [7, 11) is -2.41. The minimum atomic E-state index is -3.97. The number of amides is 1. The third kappa shape index (κ3) is 4.71. The Bertz CT molecular complexity index is 607. The van der Waals surface area contributed by atoms with Gasteiger partial charge in [0.15, 0.2) is 0 Å². The molecule has 0 radical (unpaired) electrons. The Morgan fingerprint density at radius 1 is 1.50 bits per heavy atom. The number of hydrogen-bond acceptors (Lipinski definition) is 4. The Labute approximate surface area is 130 Å². The molecule has 0 bridgehead atoms. The smallest absolute Gasteiger partial charge is 0.251 e. The highest BCUT2D eigenvalue weighted by Crippen LogP contribution is 2.30. The second kappa shape index (κ2) is 7.37. The van der Waals surface area contributed by atoms with Crippen LogP contribution in [0.4, 0.5) is 0 Å². The second-order valence-corrected chi connectivity index (χ2v) is 6.65. The molecule has 20 heavy (non-hydrogen) atoms. The van der Waals surface area contributed by atoms with Gasteiger partial charge in [-0.05, 0) is 34.5 Å². The number of sulfonamides is 1. The maximum absolute atomic E-state index is 11.9. The van der Waals surface area contributed by atoms with E-state index in [-0.39, 0.29) is 20.0 Å². The summed E-state index contributed by atoms with van der Waals surface area (Å²) >= 11 is 8.92. The van der Waals surface area contributed by atoms with Crippen LogP contribution in [0, 0.1) is 0 Å². The van der Waals surface area contributed by atoms with Crippen molar-refractivity contribution in [2.24, 2.45) is 5.14 Å². The van der Waals surface area contributed by atoms with E-state index >= 15 is 0 Å². The maximum Gasteiger partial charge on any atom is 0.251 e. The standard InChI is InChI=1S/C11H14BrClN2O4S/c1-19-4-2-3-15-11(16)7-5-8(13)10(12)9(6-7)20(14,17)18/h5-6H,2-4H2,1H3,(H,15,16)(H2,14,17,18). The van der Waals surface area contributed by atoms with Gasteiger partial charge in [0.25, 0.3) is 5.91 Å². The van der Waals surface area contributed by atoms with Gasteiger partial charge in [0.05, 0.1) is 14.4 Å². The van der Waals surface area contributed by atoms with Gasteiger partial charge in [-0.15, -0.1) is 0 Å². The van der Waals surface area contributed by atoms with Crippen LogP contribution in [0.5, 0.6) is 0 Å². The molecular formula is C11H14BrClN2O4S. The number of rotatable bonds is 6. The Morgan fingerprint density at radius 2 is 2.15 bits per heavy atom. The highest BCUT2D eigenvalue weighted by atomic mass is 79.9. The van der Waals surface area contributed by atoms with Gasteiger partial charge in [-0.3, -0.25) is 4.79 Å². The van der Waals surface area contributed by atoms with Gasteiger partial charge < -0.3 is 10.1 Å². The lowest BCUT2D eigenvalue weighted by molar-refractivity contribution is 0.0948. The molecule has 1 aromatic rings. The van der Waals surface area contributed by atoms with Crippen LogP contribution in [0.25, 0.3) is 0 Å². The second-order valence-electron chi connectivity index (χ2n) is 3.92. The van der Waals surface area contributed by atoms with Crippen LogP contribution >= 0.6 is 27.5 Å². The fourth-order valence-corrected chi connectivity index (χ4v) is 3.25. The molecule has 112 valence electrons. The Morgan fingerprint density at radius 3 is 2.70 bits per heavy atom. The molecular weight excluding hydrogens is 372 g/mol. The molecule has 3 N–H and O–H groups in total. The van der Waals surface area contributed by atoms with Crippen molar-refractivity contribution < 1.29 is 17.9 Å². The largest absolute Gasteiger partial charge is 0.385 e. The third-order valence-corrected chi connectivity index (χ3v) is 4.95. The molecule has 1 rings (SSSR count). The molecule has 0 saturated heterocycles. The molecule has 0 aliphatic heterocycles. The molecule has 0 saturated carbocycles. The van der Waals surface area contributed by atoms with E-state index in [4.69, 9.17) is 21.5 Å². The lowest BCUT2D eigenvalue weighted by Crippen LogP contribution is -2.25. The summed E-state index contributed by atoms with van der Waals surface area (Å²) in [4.78, 5) is 11.7. The van der Waals surface area contributed by atoms with E-state index in [0.717, 1.165) is 0 Å². The first-order valence-corrected chi connectivity index (χ1v) is 8.28. The van der Waals surface area contributed by atoms with Crippen molar-refractivity contribution in [3.8, 4) is 0 Å². The van der Waals surface area contributed by atoms with Crippen LogP contribution in [0.1, 0.15) is 16.8 Å². The van der Waals surface area contributed by atoms with E-state index in [9.17, 15) is 13.2 Å². The summed E-state index contributed by atoms with van der Waals surface area (Å²) in [5.74, 6) is -0.430. The fraction of sp³-hybridized carbons (Fsp3) is 0.364. The van der Waals surface area contributed by atoms with Crippen molar-refractivity contribution in [1.82, 2.24) is 5.32 Å². The van der Waals surface area contributed by atoms with Crippen molar-refractivity contribution >= 4 is 43.5 Å². The van der Waals surface area contributed by atoms with Gasteiger partial charge in [0.1, 0.15) is 0 Å². The highest BCUT2D eigenvalue weighted by molar-refractivity contribution is 9.10. The molecule has 0 fully saturated rings. The zero-order chi connectivity index (χ0) is 15.3. The first-order chi connectivity index (χ1) is 9.27. The summed E-state index contributed by atoms with van der Waals surface area (Å²) in [5, 5.41) is 7.80. The minimum absolute atomic E-state index is 0.0959. The molecule has 0 atom stereocenters. The number of nitrogens with one attached hydrogen (secondary N) is 1. The average Bonchev–Trinajstić information content (AvgIpc) is 2.36. The average molecular weight is 386 g/mol. The normalized spacial score (nSPS) is 11.4. The van der Waals surface area contributed by atoms with E-state index in [1.54, 1.807) is 7.11 Å². The molecule has 1 aromatic carbocycles. The van der Waals surface area contributed by atoms with Gasteiger partial charge in [0.2, 0.25) is 10.0 Å². The molecule has 0 aromatic heterocycles. The van der Waals surface area contributed by atoms with E-state index < -0.39 is 15.9 Å². The predicted octanol–water partition coefficient (Wildman–Crippen LogP) is 1.52. The van der Waals surface area contributed by atoms with Crippen molar-refractivity contribution in [3.05, 3.63) is 27.2 Å². The van der Waals surface area contributed by atoms with Crippen molar-refractivity contribution in [1.29, 1.82) is 0 Å². The number of benzene rings is 1. The summed E-state index contributed by atoms with van der Waals surface area (Å²) in [6.45, 7) is 0.925. The first kappa shape index (κ1) is 17.4. The van der Waals surface area contributed by atoms with Crippen molar-refractivity contribution in [2.75, 3.05) is 20.3 Å². The lowest BCUT2D eigenvalue weighted by Gasteiger charge is -2.09. The molecule has 0 aliphatic rings. The first-order valence-electron chi connectivity index (χ1n) is 5.56. The fourth-order valence-electron chi connectivity index (χ4n) is 1.42. The number of methoxy groups -OCH3 is 1. The van der Waals surface area contributed by atoms with Crippen molar-refractivity contribution in [3.63, 3.8) is 0 Å². The Hall–Kier alpha value is -0.670. The van der Waals surface area contributed by atoms with Gasteiger partial charge in [0, 0.05) is 25.8 Å². The van der Waals surface area contributed by atoms with Crippen LogP contribution < -0.4 is 10.5 Å². The number of primary sulfonamides is 1. The third-order valence-electron chi connectivity index (χ3n) is 2.37. The summed E-state index contributed by atoms with van der Waals surface area (Å²) in [6, 6.07) is 2.54. The summed E-state index contributed by atoms with van der Waals surface area (Å²) in [5.41, 5.74) is 0.125. The molecule has 0 spiro atoms. The molecule has 6 nitrogen and oxygen atoms in total. The molecule has 1 amide bonds. The van der Waals surface area contributed by atoms with E-state index in [1.165, 1.54) is 12.1 Å². The molecule has 0 unspecified atom stereocenters. The van der Waals surface area contributed by atoms with E-state index in [1.807, 2.05) is 0 Å². The molecule has 0 heterocycles. The van der Waals surface area contributed by atoms with Crippen LogP contribution in [0.3, 0.4) is 0 Å². The summed E-state index contributed by atoms with van der Waals surface area (Å²) in [6.07, 6.45) is 0.647. The topological polar surface area (TPSA) is 98.5 Å².